The molecule has 0 radical (unpaired) electrons. The van der Waals surface area contributed by atoms with Gasteiger partial charge in [-0.15, -0.1) is 5.10 Å². The lowest BCUT2D eigenvalue weighted by Gasteiger charge is -2.23. The van der Waals surface area contributed by atoms with Crippen LogP contribution in [0.15, 0.2) is 36.9 Å². The second-order valence-electron chi connectivity index (χ2n) is 8.98. The number of hydrogen-bond donors (Lipinski definition) is 4. The first-order valence-electron chi connectivity index (χ1n) is 11.3. The molecule has 0 saturated heterocycles. The first-order chi connectivity index (χ1) is 17.0. The Kier molecular flexibility index (Phi) is 4.79. The monoisotopic (exact) mass is 476 g/mol. The van der Waals surface area contributed by atoms with Crippen LogP contribution in [0.4, 0.5) is 5.82 Å². The smallest absolute Gasteiger partial charge is 0.256 e. The molecule has 4 heterocycles. The Labute approximate surface area is 199 Å². The third-order valence-corrected chi connectivity index (χ3v) is 7.24. The number of anilines is 1. The standard InChI is InChI=1S/C22H24N10O3/c1-23-18-15-19(28-21(27-18)32-9-14(29-30-32)13-5-3-4-6-25-13)31(10-26-15)8-11-12-7-22(12,20(35)24-2)17(34)16(11)33/h3-6,9-12,16-17,33-34H,7-8H2,1-2H3,(H,24,35)(H,23,27,28)/t11-,12?,16+,17+,22?/m1/s1. The number of aliphatic hydroxyl groups is 2. The van der Waals surface area contributed by atoms with E-state index in [1.807, 2.05) is 22.8 Å². The van der Waals surface area contributed by atoms with E-state index in [4.69, 9.17) is 0 Å². The van der Waals surface area contributed by atoms with Crippen molar-refractivity contribution in [1.82, 2.24) is 44.8 Å². The van der Waals surface area contributed by atoms with Gasteiger partial charge in [0.05, 0.1) is 35.8 Å². The number of fused-ring (bicyclic) bond motifs is 2. The molecule has 0 bridgehead atoms. The molecule has 0 aromatic carbocycles. The highest BCUT2D eigenvalue weighted by atomic mass is 16.3. The summed E-state index contributed by atoms with van der Waals surface area (Å²) in [6, 6.07) is 5.53. The van der Waals surface area contributed by atoms with Crippen molar-refractivity contribution in [3.8, 4) is 17.3 Å². The van der Waals surface area contributed by atoms with Crippen molar-refractivity contribution >= 4 is 22.9 Å². The van der Waals surface area contributed by atoms with E-state index in [0.29, 0.717) is 41.3 Å². The highest BCUT2D eigenvalue weighted by Gasteiger charge is 2.74. The van der Waals surface area contributed by atoms with Crippen LogP contribution in [0.25, 0.3) is 28.5 Å². The zero-order chi connectivity index (χ0) is 24.3. The molecule has 4 N–H and O–H groups in total. The number of carbonyl (C=O) groups is 1. The molecule has 0 aliphatic heterocycles. The van der Waals surface area contributed by atoms with Gasteiger partial charge in [-0.25, -0.2) is 4.98 Å². The van der Waals surface area contributed by atoms with E-state index in [9.17, 15) is 15.0 Å². The summed E-state index contributed by atoms with van der Waals surface area (Å²) in [6.45, 7) is 0.342. The van der Waals surface area contributed by atoms with Crippen LogP contribution in [0, 0.1) is 17.3 Å². The summed E-state index contributed by atoms with van der Waals surface area (Å²) >= 11 is 0. The topological polar surface area (TPSA) is 169 Å². The van der Waals surface area contributed by atoms with Crippen LogP contribution in [0.5, 0.6) is 0 Å². The van der Waals surface area contributed by atoms with Gasteiger partial charge in [0.2, 0.25) is 5.91 Å². The number of aliphatic hydroxyl groups excluding tert-OH is 2. The minimum Gasteiger partial charge on any atom is -0.390 e. The molecule has 13 heteroatoms. The Bertz CT molecular complexity index is 1420. The molecule has 180 valence electrons. The molecule has 2 aliphatic rings. The van der Waals surface area contributed by atoms with E-state index in [0.717, 1.165) is 0 Å². The molecule has 6 rings (SSSR count). The molecule has 13 nitrogen and oxygen atoms in total. The lowest BCUT2D eigenvalue weighted by atomic mass is 9.97. The largest absolute Gasteiger partial charge is 0.390 e. The molecule has 5 atom stereocenters. The summed E-state index contributed by atoms with van der Waals surface area (Å²) in [5.74, 6) is 0.127. The number of imidazole rings is 1. The van der Waals surface area contributed by atoms with Gasteiger partial charge in [-0.05, 0) is 24.5 Å². The van der Waals surface area contributed by atoms with Crippen molar-refractivity contribution in [1.29, 1.82) is 0 Å². The van der Waals surface area contributed by atoms with Gasteiger partial charge in [0.15, 0.2) is 17.0 Å². The molecule has 0 spiro atoms. The van der Waals surface area contributed by atoms with E-state index in [1.165, 1.54) is 4.68 Å². The van der Waals surface area contributed by atoms with Crippen molar-refractivity contribution in [3.63, 3.8) is 0 Å². The number of carbonyl (C=O) groups excluding carboxylic acids is 1. The van der Waals surface area contributed by atoms with Crippen LogP contribution < -0.4 is 10.6 Å². The van der Waals surface area contributed by atoms with Gasteiger partial charge in [0.1, 0.15) is 5.69 Å². The molecule has 2 fully saturated rings. The summed E-state index contributed by atoms with van der Waals surface area (Å²) in [6.07, 6.45) is 3.42. The minimum absolute atomic E-state index is 0.119. The van der Waals surface area contributed by atoms with Crippen molar-refractivity contribution in [2.45, 2.75) is 25.2 Å². The molecular weight excluding hydrogens is 452 g/mol. The highest BCUT2D eigenvalue weighted by Crippen LogP contribution is 2.66. The number of amides is 1. The lowest BCUT2D eigenvalue weighted by molar-refractivity contribution is -0.132. The maximum absolute atomic E-state index is 12.4. The average molecular weight is 477 g/mol. The van der Waals surface area contributed by atoms with Gasteiger partial charge in [0, 0.05) is 32.8 Å². The minimum atomic E-state index is -1.11. The zero-order valence-corrected chi connectivity index (χ0v) is 19.1. The number of rotatable bonds is 6. The van der Waals surface area contributed by atoms with Gasteiger partial charge < -0.3 is 25.4 Å². The fourth-order valence-corrected chi connectivity index (χ4v) is 5.38. The molecule has 4 aromatic rings. The molecule has 2 unspecified atom stereocenters. The van der Waals surface area contributed by atoms with E-state index in [1.54, 1.807) is 32.8 Å². The quantitative estimate of drug-likeness (QED) is 0.288. The molecule has 2 saturated carbocycles. The van der Waals surface area contributed by atoms with Gasteiger partial charge in [-0.2, -0.15) is 14.6 Å². The second kappa shape index (κ2) is 7.78. The van der Waals surface area contributed by atoms with E-state index in [2.05, 4.69) is 40.9 Å². The first-order valence-corrected chi connectivity index (χ1v) is 11.3. The summed E-state index contributed by atoms with van der Waals surface area (Å²) in [7, 11) is 3.29. The number of hydrogen-bond acceptors (Lipinski definition) is 10. The lowest BCUT2D eigenvalue weighted by Crippen LogP contribution is -2.41. The fraction of sp³-hybridized carbons (Fsp3) is 0.409. The molecular formula is C22H24N10O3. The number of nitrogens with one attached hydrogen (secondary N) is 2. The number of pyridine rings is 1. The molecule has 1 amide bonds. The van der Waals surface area contributed by atoms with Gasteiger partial charge in [0.25, 0.3) is 5.95 Å². The summed E-state index contributed by atoms with van der Waals surface area (Å²) in [5.41, 5.74) is 1.43. The maximum atomic E-state index is 12.4. The Morgan fingerprint density at radius 3 is 2.80 bits per heavy atom. The Morgan fingerprint density at radius 2 is 2.06 bits per heavy atom. The second-order valence-corrected chi connectivity index (χ2v) is 8.98. The zero-order valence-electron chi connectivity index (χ0n) is 19.1. The van der Waals surface area contributed by atoms with Crippen molar-refractivity contribution in [3.05, 3.63) is 36.9 Å². The Morgan fingerprint density at radius 1 is 1.20 bits per heavy atom. The maximum Gasteiger partial charge on any atom is 0.256 e. The molecule has 2 aliphatic carbocycles. The van der Waals surface area contributed by atoms with Crippen LogP contribution in [0.3, 0.4) is 0 Å². The van der Waals surface area contributed by atoms with Gasteiger partial charge >= 0.3 is 0 Å². The normalized spacial score (nSPS) is 27.1. The van der Waals surface area contributed by atoms with E-state index >= 15 is 0 Å². The third-order valence-electron chi connectivity index (χ3n) is 7.24. The summed E-state index contributed by atoms with van der Waals surface area (Å²) < 4.78 is 3.28. The third kappa shape index (κ3) is 3.12. The van der Waals surface area contributed by atoms with Crippen LogP contribution >= 0.6 is 0 Å². The Balaban J connectivity index is 1.35. The predicted octanol–water partition coefficient (Wildman–Crippen LogP) is -0.385. The SMILES string of the molecule is CNC(=O)C12CC1[C@@H](Cn1cnc3c(NC)nc(-n4cc(-c5ccccn5)nn4)nc31)[C@H](O)[C@@H]2O. The van der Waals surface area contributed by atoms with Crippen molar-refractivity contribution in [2.24, 2.45) is 17.3 Å². The number of aromatic nitrogens is 8. The van der Waals surface area contributed by atoms with Crippen LogP contribution in [0.2, 0.25) is 0 Å². The summed E-state index contributed by atoms with van der Waals surface area (Å²) in [5, 5.41) is 35.4. The summed E-state index contributed by atoms with van der Waals surface area (Å²) in [4.78, 5) is 30.4. The van der Waals surface area contributed by atoms with Crippen LogP contribution in [-0.2, 0) is 11.3 Å². The van der Waals surface area contributed by atoms with Crippen LogP contribution in [0.1, 0.15) is 6.42 Å². The highest BCUT2D eigenvalue weighted by molar-refractivity contribution is 5.87. The van der Waals surface area contributed by atoms with E-state index in [-0.39, 0.29) is 23.7 Å². The molecule has 4 aromatic heterocycles. The number of nitrogens with zero attached hydrogens (tertiary/aromatic N) is 8. The van der Waals surface area contributed by atoms with Crippen molar-refractivity contribution in [2.75, 3.05) is 19.4 Å². The van der Waals surface area contributed by atoms with Crippen molar-refractivity contribution < 1.29 is 15.0 Å². The molecule has 35 heavy (non-hydrogen) atoms. The first kappa shape index (κ1) is 21.6. The predicted molar refractivity (Wildman–Crippen MR) is 123 cm³/mol. The average Bonchev–Trinajstić information content (AvgIpc) is 3.16. The fourth-order valence-electron chi connectivity index (χ4n) is 5.38. The van der Waals surface area contributed by atoms with Gasteiger partial charge in [-0.3, -0.25) is 9.78 Å². The van der Waals surface area contributed by atoms with Crippen LogP contribution in [-0.4, -0.2) is 81.9 Å². The van der Waals surface area contributed by atoms with E-state index < -0.39 is 17.6 Å². The van der Waals surface area contributed by atoms with Gasteiger partial charge in [-0.1, -0.05) is 11.3 Å². The Hall–Kier alpha value is -3.97.